The van der Waals surface area contributed by atoms with Crippen LogP contribution in [0.25, 0.3) is 0 Å². The number of pyridine rings is 1. The van der Waals surface area contributed by atoms with Gasteiger partial charge in [0.1, 0.15) is 5.82 Å². The van der Waals surface area contributed by atoms with Crippen LogP contribution < -0.4 is 5.32 Å². The van der Waals surface area contributed by atoms with Gasteiger partial charge < -0.3 is 15.0 Å². The Morgan fingerprint density at radius 3 is 3.05 bits per heavy atom. The predicted octanol–water partition coefficient (Wildman–Crippen LogP) is 2.29. The van der Waals surface area contributed by atoms with Crippen molar-refractivity contribution in [2.75, 3.05) is 26.0 Å². The van der Waals surface area contributed by atoms with Crippen molar-refractivity contribution in [3.8, 4) is 0 Å². The summed E-state index contributed by atoms with van der Waals surface area (Å²) in [6.45, 7) is 3.65. The third-order valence-electron chi connectivity index (χ3n) is 3.75. The summed E-state index contributed by atoms with van der Waals surface area (Å²) in [7, 11) is 4.04. The van der Waals surface area contributed by atoms with E-state index in [9.17, 15) is 4.79 Å². The number of anilines is 1. The maximum atomic E-state index is 12.4. The Morgan fingerprint density at radius 1 is 1.52 bits per heavy atom. The summed E-state index contributed by atoms with van der Waals surface area (Å²) in [6.07, 6.45) is 4.48. The molecule has 2 atom stereocenters. The summed E-state index contributed by atoms with van der Waals surface area (Å²) < 4.78 is 5.69. The van der Waals surface area contributed by atoms with E-state index in [1.807, 2.05) is 26.2 Å². The molecular weight excluding hydrogens is 266 g/mol. The second kappa shape index (κ2) is 7.52. The molecule has 1 fully saturated rings. The fourth-order valence-electron chi connectivity index (χ4n) is 2.77. The van der Waals surface area contributed by atoms with Crippen molar-refractivity contribution in [1.29, 1.82) is 0 Å². The average molecular weight is 291 g/mol. The molecule has 2 rings (SSSR count). The maximum absolute atomic E-state index is 12.4. The van der Waals surface area contributed by atoms with Gasteiger partial charge in [-0.15, -0.1) is 0 Å². The molecule has 1 amide bonds. The monoisotopic (exact) mass is 291 g/mol. The minimum absolute atomic E-state index is 0.0241. The molecular formula is C16H25N3O2. The lowest BCUT2D eigenvalue weighted by molar-refractivity contribution is -0.129. The molecule has 0 bridgehead atoms. The first-order valence-electron chi connectivity index (χ1n) is 7.62. The fraction of sp³-hybridized carbons (Fsp3) is 0.625. The van der Waals surface area contributed by atoms with Crippen LogP contribution in [-0.4, -0.2) is 42.6 Å². The topological polar surface area (TPSA) is 54.5 Å². The van der Waals surface area contributed by atoms with Gasteiger partial charge in [-0.25, -0.2) is 4.98 Å². The highest BCUT2D eigenvalue weighted by atomic mass is 16.5. The Labute approximate surface area is 126 Å². The zero-order valence-electron chi connectivity index (χ0n) is 13.1. The molecule has 5 heteroatoms. The first-order valence-corrected chi connectivity index (χ1v) is 7.62. The minimum atomic E-state index is -0.0666. The first kappa shape index (κ1) is 15.9. The van der Waals surface area contributed by atoms with Gasteiger partial charge in [0.2, 0.25) is 5.91 Å². The Balaban J connectivity index is 2.01. The molecule has 1 aromatic heterocycles. The number of carbonyl (C=O) groups excluding carboxylic acids is 1. The van der Waals surface area contributed by atoms with Gasteiger partial charge in [0.15, 0.2) is 0 Å². The number of hydrogen-bond donors (Lipinski definition) is 1. The number of aromatic nitrogens is 1. The van der Waals surface area contributed by atoms with Gasteiger partial charge in [-0.3, -0.25) is 4.79 Å². The molecule has 0 radical (unpaired) electrons. The van der Waals surface area contributed by atoms with Crippen LogP contribution in [0.2, 0.25) is 0 Å². The van der Waals surface area contributed by atoms with Crippen LogP contribution in [-0.2, 0) is 16.1 Å². The molecule has 0 unspecified atom stereocenters. The first-order chi connectivity index (χ1) is 10.1. The fourth-order valence-corrected chi connectivity index (χ4v) is 2.77. The summed E-state index contributed by atoms with van der Waals surface area (Å²) in [5.74, 6) is 0.582. The van der Waals surface area contributed by atoms with Crippen LogP contribution in [0, 0.1) is 5.92 Å². The highest BCUT2D eigenvalue weighted by molar-refractivity contribution is 5.92. The number of ether oxygens (including phenoxy) is 1. The van der Waals surface area contributed by atoms with Gasteiger partial charge in [0, 0.05) is 19.3 Å². The molecule has 0 spiro atoms. The number of carbonyl (C=O) groups is 1. The van der Waals surface area contributed by atoms with Crippen molar-refractivity contribution >= 4 is 11.7 Å². The van der Waals surface area contributed by atoms with E-state index >= 15 is 0 Å². The smallest absolute Gasteiger partial charge is 0.231 e. The van der Waals surface area contributed by atoms with Gasteiger partial charge in [-0.05, 0) is 51.1 Å². The van der Waals surface area contributed by atoms with Crippen molar-refractivity contribution < 1.29 is 9.53 Å². The Bertz CT molecular complexity index is 476. The largest absolute Gasteiger partial charge is 0.377 e. The standard InChI is InChI=1S/C16H25N3O2/c1-4-14-13(6-5-9-21-14)16(20)18-15-10-12(7-8-17-15)11-19(2)3/h7-8,10,13-14H,4-6,9,11H2,1-3H3,(H,17,18,20)/t13-,14+/m0/s1. The molecule has 5 nitrogen and oxygen atoms in total. The SMILES string of the molecule is CC[C@H]1OCCC[C@@H]1C(=O)Nc1cc(CN(C)C)ccn1. The van der Waals surface area contributed by atoms with E-state index < -0.39 is 0 Å². The van der Waals surface area contributed by atoms with Crippen molar-refractivity contribution in [3.05, 3.63) is 23.9 Å². The van der Waals surface area contributed by atoms with Gasteiger partial charge in [-0.2, -0.15) is 0 Å². The van der Waals surface area contributed by atoms with Crippen molar-refractivity contribution in [1.82, 2.24) is 9.88 Å². The molecule has 0 aliphatic carbocycles. The normalized spacial score (nSPS) is 22.3. The third kappa shape index (κ3) is 4.51. The van der Waals surface area contributed by atoms with Gasteiger partial charge in [-0.1, -0.05) is 6.92 Å². The van der Waals surface area contributed by atoms with Crippen LogP contribution in [0.15, 0.2) is 18.3 Å². The van der Waals surface area contributed by atoms with Crippen LogP contribution in [0.4, 0.5) is 5.82 Å². The molecule has 0 saturated carbocycles. The summed E-state index contributed by atoms with van der Waals surface area (Å²) in [4.78, 5) is 18.8. The highest BCUT2D eigenvalue weighted by Gasteiger charge is 2.30. The zero-order valence-corrected chi connectivity index (χ0v) is 13.1. The lowest BCUT2D eigenvalue weighted by atomic mass is 9.92. The number of rotatable bonds is 5. The van der Waals surface area contributed by atoms with E-state index in [0.717, 1.165) is 38.0 Å². The molecule has 21 heavy (non-hydrogen) atoms. The molecule has 1 aliphatic rings. The van der Waals surface area contributed by atoms with Crippen LogP contribution in [0.5, 0.6) is 0 Å². The number of nitrogens with zero attached hydrogens (tertiary/aromatic N) is 2. The van der Waals surface area contributed by atoms with Gasteiger partial charge in [0.25, 0.3) is 0 Å². The minimum Gasteiger partial charge on any atom is -0.377 e. The van der Waals surface area contributed by atoms with Crippen LogP contribution >= 0.6 is 0 Å². The Morgan fingerprint density at radius 2 is 2.33 bits per heavy atom. The van der Waals surface area contributed by atoms with Gasteiger partial charge in [0.05, 0.1) is 12.0 Å². The summed E-state index contributed by atoms with van der Waals surface area (Å²) in [5.41, 5.74) is 1.14. The summed E-state index contributed by atoms with van der Waals surface area (Å²) in [6, 6.07) is 3.90. The number of nitrogens with one attached hydrogen (secondary N) is 1. The number of hydrogen-bond acceptors (Lipinski definition) is 4. The van der Waals surface area contributed by atoms with Crippen LogP contribution in [0.3, 0.4) is 0 Å². The zero-order chi connectivity index (χ0) is 15.2. The molecule has 1 saturated heterocycles. The maximum Gasteiger partial charge on any atom is 0.231 e. The molecule has 116 valence electrons. The van der Waals surface area contributed by atoms with Crippen molar-refractivity contribution in [2.45, 2.75) is 38.8 Å². The van der Waals surface area contributed by atoms with E-state index in [1.165, 1.54) is 0 Å². The molecule has 1 aromatic rings. The van der Waals surface area contributed by atoms with Gasteiger partial charge >= 0.3 is 0 Å². The van der Waals surface area contributed by atoms with Crippen molar-refractivity contribution in [2.24, 2.45) is 5.92 Å². The second-order valence-electron chi connectivity index (χ2n) is 5.84. The quantitative estimate of drug-likeness (QED) is 0.904. The molecule has 2 heterocycles. The van der Waals surface area contributed by atoms with E-state index in [0.29, 0.717) is 5.82 Å². The summed E-state index contributed by atoms with van der Waals surface area (Å²) in [5, 5.41) is 2.94. The molecule has 1 aliphatic heterocycles. The van der Waals surface area contributed by atoms with Crippen LogP contribution in [0.1, 0.15) is 31.7 Å². The van der Waals surface area contributed by atoms with E-state index in [2.05, 4.69) is 22.1 Å². The molecule has 0 aromatic carbocycles. The third-order valence-corrected chi connectivity index (χ3v) is 3.75. The Kier molecular flexibility index (Phi) is 5.70. The van der Waals surface area contributed by atoms with E-state index in [4.69, 9.17) is 4.74 Å². The van der Waals surface area contributed by atoms with Crippen molar-refractivity contribution in [3.63, 3.8) is 0 Å². The van der Waals surface area contributed by atoms with E-state index in [-0.39, 0.29) is 17.9 Å². The Hall–Kier alpha value is -1.46. The second-order valence-corrected chi connectivity index (χ2v) is 5.84. The molecule has 1 N–H and O–H groups in total. The average Bonchev–Trinajstić information content (AvgIpc) is 2.46. The lowest BCUT2D eigenvalue weighted by Gasteiger charge is -2.29. The van der Waals surface area contributed by atoms with E-state index in [1.54, 1.807) is 6.20 Å². The predicted molar refractivity (Wildman–Crippen MR) is 83.0 cm³/mol. The number of amides is 1. The highest BCUT2D eigenvalue weighted by Crippen LogP contribution is 2.24. The summed E-state index contributed by atoms with van der Waals surface area (Å²) >= 11 is 0. The lowest BCUT2D eigenvalue weighted by Crippen LogP contribution is -2.38.